The highest BCUT2D eigenvalue weighted by molar-refractivity contribution is 5.55. The summed E-state index contributed by atoms with van der Waals surface area (Å²) in [5, 5.41) is 30.8. The van der Waals surface area contributed by atoms with Crippen LogP contribution in [0.1, 0.15) is 136 Å². The van der Waals surface area contributed by atoms with Gasteiger partial charge in [-0.25, -0.2) is 0 Å². The normalized spacial score (nSPS) is 18.2. The maximum absolute atomic E-state index is 12.6. The number of rotatable bonds is 36. The lowest BCUT2D eigenvalue weighted by molar-refractivity contribution is -0.00642. The first-order valence-corrected chi connectivity index (χ1v) is 28.8. The van der Waals surface area contributed by atoms with E-state index in [0.29, 0.717) is 66.1 Å². The third kappa shape index (κ3) is 19.0. The largest absolute Gasteiger partial charge is 0.491 e. The van der Waals surface area contributed by atoms with Gasteiger partial charge in [-0.3, -0.25) is 0 Å². The predicted molar refractivity (Wildman–Crippen MR) is 307 cm³/mol. The van der Waals surface area contributed by atoms with Crippen molar-refractivity contribution >= 4 is 11.4 Å². The molecule has 0 saturated carbocycles. The summed E-state index contributed by atoms with van der Waals surface area (Å²) in [6, 6.07) is 30.0. The van der Waals surface area contributed by atoms with Crippen molar-refractivity contribution in [1.82, 2.24) is 10.6 Å². The number of aliphatic hydroxyl groups is 2. The molecule has 4 aromatic carbocycles. The molecule has 0 bridgehead atoms. The summed E-state index contributed by atoms with van der Waals surface area (Å²) in [6.45, 7) is 13.5. The lowest BCUT2D eigenvalue weighted by Gasteiger charge is -2.41. The highest BCUT2D eigenvalue weighted by atomic mass is 16.5. The summed E-state index contributed by atoms with van der Waals surface area (Å²) in [6.07, 6.45) is 14.0. The van der Waals surface area contributed by atoms with Crippen LogP contribution in [0.15, 0.2) is 84.9 Å². The van der Waals surface area contributed by atoms with Gasteiger partial charge in [0.15, 0.2) is 0 Å². The Kier molecular flexibility index (Phi) is 26.5. The number of unbranched alkanes of at least 4 members (excludes halogenated alkanes) is 4. The fourth-order valence-electron chi connectivity index (χ4n) is 11.1. The maximum Gasteiger partial charge on any atom is 0.119 e. The second kappa shape index (κ2) is 33.1. The van der Waals surface area contributed by atoms with Gasteiger partial charge in [0.1, 0.15) is 24.7 Å². The molecule has 0 aliphatic heterocycles. The van der Waals surface area contributed by atoms with Crippen LogP contribution in [-0.4, -0.2) is 143 Å². The average molecular weight is 1040 g/mol. The van der Waals surface area contributed by atoms with E-state index in [1.54, 1.807) is 0 Å². The number of nitrogens with one attached hydrogen (secondary N) is 2. The van der Waals surface area contributed by atoms with Crippen LogP contribution in [0.5, 0.6) is 11.5 Å². The highest BCUT2D eigenvalue weighted by Gasteiger charge is 2.45. The molecule has 416 valence electrons. The Morgan fingerprint density at radius 3 is 1.52 bits per heavy atom. The van der Waals surface area contributed by atoms with Gasteiger partial charge in [0.05, 0.1) is 65.1 Å². The molecular formula is C63H96N4O8. The number of fused-ring (bicyclic) bond motifs is 2. The Hall–Kier alpha value is -4.24. The predicted octanol–water partition coefficient (Wildman–Crippen LogP) is 10.3. The Bertz CT molecular complexity index is 2200. The van der Waals surface area contributed by atoms with Crippen molar-refractivity contribution in [3.63, 3.8) is 0 Å². The molecule has 4 aromatic rings. The van der Waals surface area contributed by atoms with Gasteiger partial charge in [0.2, 0.25) is 0 Å². The van der Waals surface area contributed by atoms with E-state index < -0.39 is 12.2 Å². The summed E-state index contributed by atoms with van der Waals surface area (Å²) in [5.74, 6) is 1.40. The van der Waals surface area contributed by atoms with Gasteiger partial charge in [-0.15, -0.1) is 0 Å². The molecule has 0 fully saturated rings. The first-order valence-electron chi connectivity index (χ1n) is 28.8. The minimum Gasteiger partial charge on any atom is -0.491 e. The summed E-state index contributed by atoms with van der Waals surface area (Å²) in [5.41, 5.74) is 9.52. The maximum atomic E-state index is 12.6. The molecule has 2 aliphatic rings. The van der Waals surface area contributed by atoms with Crippen molar-refractivity contribution < 1.29 is 38.6 Å². The zero-order valence-corrected chi connectivity index (χ0v) is 46.9. The van der Waals surface area contributed by atoms with Gasteiger partial charge in [-0.2, -0.15) is 0 Å². The summed E-state index contributed by atoms with van der Waals surface area (Å²) < 4.78 is 35.5. The number of ether oxygens (including phenoxy) is 6. The number of aliphatic hydroxyl groups excluding tert-OH is 2. The summed E-state index contributed by atoms with van der Waals surface area (Å²) >= 11 is 0. The van der Waals surface area contributed by atoms with E-state index in [0.717, 1.165) is 144 Å². The standard InChI is InChI=1S/C63H96N4O8/c1-7-9-28-63(29-10-8-2)30-27-50-24-26-54(67(5)6)48-58(50)61(62(63)69)52-19-15-21-56(46-52)75-44-42-73-40-38-71-36-34-65-32-13-11-12-31-64-33-35-70-37-39-72-41-43-74-55-20-14-18-51(45-55)60-57-47-53(66(3)4)25-23-49(57)17-16-22-59(60)68/h14-15,18-21,23-26,45-48,59-62,64-65,68-69H,7-13,16-17,22,27-44H2,1-6H3/t59-,60+,61+,62+/m1/s1. The summed E-state index contributed by atoms with van der Waals surface area (Å²) in [4.78, 5) is 4.28. The third-order valence-electron chi connectivity index (χ3n) is 15.4. The molecule has 4 atom stereocenters. The first kappa shape index (κ1) is 60.0. The van der Waals surface area contributed by atoms with Gasteiger partial charge in [-0.1, -0.05) is 82.3 Å². The van der Waals surface area contributed by atoms with Crippen LogP contribution in [0.2, 0.25) is 0 Å². The zero-order chi connectivity index (χ0) is 53.1. The Balaban J connectivity index is 0.744. The topological polar surface area (TPSA) is 126 Å². The van der Waals surface area contributed by atoms with Gasteiger partial charge >= 0.3 is 0 Å². The Labute approximate surface area is 452 Å². The van der Waals surface area contributed by atoms with Crippen LogP contribution in [0.4, 0.5) is 11.4 Å². The second-order valence-electron chi connectivity index (χ2n) is 21.3. The number of nitrogens with zero attached hydrogens (tertiary/aromatic N) is 2. The van der Waals surface area contributed by atoms with E-state index in [4.69, 9.17) is 28.4 Å². The van der Waals surface area contributed by atoms with E-state index in [1.165, 1.54) is 28.7 Å². The molecule has 0 radical (unpaired) electrons. The van der Waals surface area contributed by atoms with Gasteiger partial charge < -0.3 is 59.1 Å². The molecule has 2 aliphatic carbocycles. The molecule has 12 nitrogen and oxygen atoms in total. The van der Waals surface area contributed by atoms with Crippen molar-refractivity contribution in [2.45, 2.75) is 128 Å². The van der Waals surface area contributed by atoms with Crippen molar-refractivity contribution in [2.24, 2.45) is 5.41 Å². The second-order valence-corrected chi connectivity index (χ2v) is 21.3. The lowest BCUT2D eigenvalue weighted by Crippen LogP contribution is -2.39. The monoisotopic (exact) mass is 1040 g/mol. The lowest BCUT2D eigenvalue weighted by atomic mass is 9.66. The smallest absolute Gasteiger partial charge is 0.119 e. The molecule has 0 amide bonds. The van der Waals surface area contributed by atoms with Crippen molar-refractivity contribution in [1.29, 1.82) is 0 Å². The minimum absolute atomic E-state index is 0.0810. The summed E-state index contributed by atoms with van der Waals surface area (Å²) in [7, 11) is 8.29. The SMILES string of the molecule is CCCCC1(CCCC)CCc2ccc(N(C)C)cc2[C@H](c2cccc(OCCOCCOCCNCCCCCNCCOCCOCCOc3cccc([C@H]4c5cc(N(C)C)ccc5CCC[C@H]4O)c3)c2)[C@@H]1O. The Morgan fingerprint density at radius 1 is 0.520 bits per heavy atom. The van der Waals surface area contributed by atoms with E-state index in [1.807, 2.05) is 18.2 Å². The van der Waals surface area contributed by atoms with Gasteiger partial charge in [-0.05, 0) is 158 Å². The molecule has 0 heterocycles. The molecular weight excluding hydrogens is 941 g/mol. The first-order chi connectivity index (χ1) is 36.6. The fourth-order valence-corrected chi connectivity index (χ4v) is 11.1. The van der Waals surface area contributed by atoms with E-state index in [2.05, 4.69) is 129 Å². The number of aryl methyl sites for hydroxylation is 2. The Morgan fingerprint density at radius 2 is 1.00 bits per heavy atom. The number of benzene rings is 4. The average Bonchev–Trinajstić information content (AvgIpc) is 3.66. The van der Waals surface area contributed by atoms with Crippen LogP contribution < -0.4 is 29.9 Å². The van der Waals surface area contributed by atoms with E-state index in [-0.39, 0.29) is 17.3 Å². The van der Waals surface area contributed by atoms with Crippen molar-refractivity contribution in [2.75, 3.05) is 130 Å². The van der Waals surface area contributed by atoms with Crippen LogP contribution in [0, 0.1) is 5.41 Å². The van der Waals surface area contributed by atoms with Gasteiger partial charge in [0, 0.05) is 64.5 Å². The van der Waals surface area contributed by atoms with E-state index in [9.17, 15) is 10.2 Å². The number of hydrogen-bond acceptors (Lipinski definition) is 12. The number of hydrogen-bond donors (Lipinski definition) is 4. The van der Waals surface area contributed by atoms with Gasteiger partial charge in [0.25, 0.3) is 0 Å². The number of anilines is 2. The molecule has 75 heavy (non-hydrogen) atoms. The molecule has 0 aromatic heterocycles. The van der Waals surface area contributed by atoms with Crippen LogP contribution in [0.3, 0.4) is 0 Å². The van der Waals surface area contributed by atoms with Crippen LogP contribution >= 0.6 is 0 Å². The molecule has 0 saturated heterocycles. The quantitative estimate of drug-likeness (QED) is 0.0256. The minimum atomic E-state index is -0.477. The van der Waals surface area contributed by atoms with E-state index >= 15 is 0 Å². The zero-order valence-electron chi connectivity index (χ0n) is 46.9. The molecule has 0 spiro atoms. The van der Waals surface area contributed by atoms with Crippen molar-refractivity contribution in [3.8, 4) is 11.5 Å². The highest BCUT2D eigenvalue weighted by Crippen LogP contribution is 2.50. The van der Waals surface area contributed by atoms with Crippen LogP contribution in [0.25, 0.3) is 0 Å². The van der Waals surface area contributed by atoms with Crippen molar-refractivity contribution in [3.05, 3.63) is 118 Å². The molecule has 4 N–H and O–H groups in total. The van der Waals surface area contributed by atoms with Crippen LogP contribution in [-0.2, 0) is 31.8 Å². The molecule has 12 heteroatoms. The molecule has 6 rings (SSSR count). The fraction of sp³-hybridized carbons (Fsp3) is 0.619. The molecule has 0 unspecified atom stereocenters. The third-order valence-corrected chi connectivity index (χ3v) is 15.4.